The molecule has 0 fully saturated rings. The van der Waals surface area contributed by atoms with Crippen molar-refractivity contribution in [2.24, 2.45) is 5.10 Å². The average molecular weight is 556 g/mol. The SMILES string of the molecule is O=C(N/N=C\c1cn(-c2ccccc2)nc1-c1ccccc1)c1ccc(NS(=O)(=O)c2ccc(Cl)cc2)cc1. The molecule has 194 valence electrons. The summed E-state index contributed by atoms with van der Waals surface area (Å²) in [7, 11) is -3.79. The van der Waals surface area contributed by atoms with Crippen LogP contribution >= 0.6 is 11.6 Å². The quantitative estimate of drug-likeness (QED) is 0.188. The highest BCUT2D eigenvalue weighted by molar-refractivity contribution is 7.92. The molecule has 0 spiro atoms. The largest absolute Gasteiger partial charge is 0.280 e. The number of nitrogens with zero attached hydrogens (tertiary/aromatic N) is 3. The van der Waals surface area contributed by atoms with Gasteiger partial charge in [-0.1, -0.05) is 60.1 Å². The first-order valence-corrected chi connectivity index (χ1v) is 13.7. The molecule has 1 aromatic heterocycles. The van der Waals surface area contributed by atoms with Crippen molar-refractivity contribution in [3.63, 3.8) is 0 Å². The number of hydrogen-bond donors (Lipinski definition) is 2. The minimum atomic E-state index is -3.79. The van der Waals surface area contributed by atoms with Crippen molar-refractivity contribution in [3.8, 4) is 16.9 Å². The first-order chi connectivity index (χ1) is 18.9. The van der Waals surface area contributed by atoms with E-state index in [-0.39, 0.29) is 4.90 Å². The molecule has 5 rings (SSSR count). The van der Waals surface area contributed by atoms with Crippen LogP contribution in [0.5, 0.6) is 0 Å². The summed E-state index contributed by atoms with van der Waals surface area (Å²) in [6, 6.07) is 31.2. The Balaban J connectivity index is 1.29. The van der Waals surface area contributed by atoms with Crippen LogP contribution in [-0.4, -0.2) is 30.3 Å². The van der Waals surface area contributed by atoms with Crippen LogP contribution in [0.3, 0.4) is 0 Å². The predicted octanol–water partition coefficient (Wildman–Crippen LogP) is 5.76. The maximum Gasteiger partial charge on any atom is 0.271 e. The summed E-state index contributed by atoms with van der Waals surface area (Å²) in [4.78, 5) is 12.7. The number of rotatable bonds is 8. The molecule has 0 bridgehead atoms. The highest BCUT2D eigenvalue weighted by Crippen LogP contribution is 2.23. The van der Waals surface area contributed by atoms with Gasteiger partial charge in [-0.05, 0) is 60.7 Å². The summed E-state index contributed by atoms with van der Waals surface area (Å²) in [6.45, 7) is 0. The summed E-state index contributed by atoms with van der Waals surface area (Å²) in [5.74, 6) is -0.449. The Morgan fingerprint density at radius 3 is 2.15 bits per heavy atom. The van der Waals surface area contributed by atoms with E-state index >= 15 is 0 Å². The van der Waals surface area contributed by atoms with Crippen molar-refractivity contribution >= 4 is 39.4 Å². The van der Waals surface area contributed by atoms with Crippen molar-refractivity contribution in [2.45, 2.75) is 4.90 Å². The molecule has 10 heteroatoms. The third-order valence-electron chi connectivity index (χ3n) is 5.70. The first kappa shape index (κ1) is 25.9. The highest BCUT2D eigenvalue weighted by Gasteiger charge is 2.15. The second-order valence-electron chi connectivity index (χ2n) is 8.42. The van der Waals surface area contributed by atoms with E-state index in [4.69, 9.17) is 16.7 Å². The predicted molar refractivity (Wildman–Crippen MR) is 153 cm³/mol. The Hall–Kier alpha value is -4.73. The van der Waals surface area contributed by atoms with E-state index in [9.17, 15) is 13.2 Å². The topological polar surface area (TPSA) is 105 Å². The molecule has 1 heterocycles. The van der Waals surface area contributed by atoms with E-state index < -0.39 is 15.9 Å². The zero-order chi connectivity index (χ0) is 27.2. The van der Waals surface area contributed by atoms with E-state index in [0.717, 1.165) is 22.5 Å². The summed E-state index contributed by atoms with van der Waals surface area (Å²) in [6.07, 6.45) is 3.39. The lowest BCUT2D eigenvalue weighted by Crippen LogP contribution is -2.18. The summed E-state index contributed by atoms with van der Waals surface area (Å²) in [5, 5.41) is 9.30. The Kier molecular flexibility index (Phi) is 7.53. The molecule has 0 radical (unpaired) electrons. The van der Waals surface area contributed by atoms with E-state index in [1.54, 1.807) is 10.9 Å². The van der Waals surface area contributed by atoms with Crippen LogP contribution in [0.1, 0.15) is 15.9 Å². The van der Waals surface area contributed by atoms with Crippen LogP contribution in [0.4, 0.5) is 5.69 Å². The molecule has 0 atom stereocenters. The molecular weight excluding hydrogens is 534 g/mol. The van der Waals surface area contributed by atoms with Crippen LogP contribution in [0.25, 0.3) is 16.9 Å². The number of halogens is 1. The molecule has 0 saturated carbocycles. The van der Waals surface area contributed by atoms with E-state index in [0.29, 0.717) is 16.3 Å². The minimum Gasteiger partial charge on any atom is -0.280 e. The average Bonchev–Trinajstić information content (AvgIpc) is 3.38. The lowest BCUT2D eigenvalue weighted by Gasteiger charge is -2.08. The molecule has 0 saturated heterocycles. The molecule has 0 unspecified atom stereocenters. The molecule has 0 aliphatic rings. The van der Waals surface area contributed by atoms with Gasteiger partial charge in [-0.25, -0.2) is 18.5 Å². The number of nitrogens with one attached hydrogen (secondary N) is 2. The Morgan fingerprint density at radius 1 is 0.846 bits per heavy atom. The third-order valence-corrected chi connectivity index (χ3v) is 7.35. The van der Waals surface area contributed by atoms with Gasteiger partial charge in [0.2, 0.25) is 0 Å². The molecule has 0 aliphatic carbocycles. The minimum absolute atomic E-state index is 0.0773. The third kappa shape index (κ3) is 6.23. The maximum atomic E-state index is 12.7. The Morgan fingerprint density at radius 2 is 1.49 bits per heavy atom. The number of benzene rings is 4. The molecule has 1 amide bonds. The van der Waals surface area contributed by atoms with Gasteiger partial charge in [0, 0.05) is 33.6 Å². The Bertz CT molecular complexity index is 1720. The monoisotopic (exact) mass is 555 g/mol. The van der Waals surface area contributed by atoms with Gasteiger partial charge in [0.1, 0.15) is 5.69 Å². The fourth-order valence-electron chi connectivity index (χ4n) is 3.76. The zero-order valence-corrected chi connectivity index (χ0v) is 22.0. The lowest BCUT2D eigenvalue weighted by molar-refractivity contribution is 0.0955. The fraction of sp³-hybridized carbons (Fsp3) is 0. The number of carbonyl (C=O) groups is 1. The van der Waals surface area contributed by atoms with E-state index in [1.807, 2.05) is 66.9 Å². The van der Waals surface area contributed by atoms with Gasteiger partial charge in [0.25, 0.3) is 15.9 Å². The van der Waals surface area contributed by atoms with Crippen LogP contribution in [-0.2, 0) is 10.0 Å². The van der Waals surface area contributed by atoms with Gasteiger partial charge >= 0.3 is 0 Å². The van der Waals surface area contributed by atoms with Gasteiger partial charge in [-0.2, -0.15) is 10.2 Å². The summed E-state index contributed by atoms with van der Waals surface area (Å²) >= 11 is 5.84. The number of sulfonamides is 1. The number of amides is 1. The number of carbonyl (C=O) groups excluding carboxylic acids is 1. The molecule has 39 heavy (non-hydrogen) atoms. The van der Waals surface area contributed by atoms with Gasteiger partial charge in [0.15, 0.2) is 0 Å². The molecule has 5 aromatic rings. The van der Waals surface area contributed by atoms with Crippen LogP contribution < -0.4 is 10.1 Å². The normalized spacial score (nSPS) is 11.4. The summed E-state index contributed by atoms with van der Waals surface area (Å²) < 4.78 is 29.4. The number of hydrogen-bond acceptors (Lipinski definition) is 5. The van der Waals surface area contributed by atoms with Crippen molar-refractivity contribution in [2.75, 3.05) is 4.72 Å². The molecule has 4 aromatic carbocycles. The molecular formula is C29H22ClN5O3S. The maximum absolute atomic E-state index is 12.7. The Labute approximate surface area is 230 Å². The van der Waals surface area contributed by atoms with Gasteiger partial charge in [-0.3, -0.25) is 9.52 Å². The number of aromatic nitrogens is 2. The second kappa shape index (κ2) is 11.3. The number of anilines is 1. The van der Waals surface area contributed by atoms with Crippen LogP contribution in [0.15, 0.2) is 125 Å². The van der Waals surface area contributed by atoms with Gasteiger partial charge in [-0.15, -0.1) is 0 Å². The van der Waals surface area contributed by atoms with Gasteiger partial charge in [0.05, 0.1) is 16.8 Å². The smallest absolute Gasteiger partial charge is 0.271 e. The second-order valence-corrected chi connectivity index (χ2v) is 10.5. The van der Waals surface area contributed by atoms with Crippen molar-refractivity contribution in [1.29, 1.82) is 0 Å². The summed E-state index contributed by atoms with van der Waals surface area (Å²) in [5.41, 5.74) is 6.38. The highest BCUT2D eigenvalue weighted by atomic mass is 35.5. The van der Waals surface area contributed by atoms with E-state index in [1.165, 1.54) is 48.5 Å². The standard InChI is InChI=1S/C29H22ClN5O3S/c30-24-13-17-27(18-14-24)39(37,38)34-25-15-11-22(12-16-25)29(36)32-31-19-23-20-35(26-9-5-2-6-10-26)33-28(23)21-7-3-1-4-8-21/h1-20,34H,(H,32,36)/b31-19-. The number of hydrazone groups is 1. The lowest BCUT2D eigenvalue weighted by atomic mass is 10.1. The van der Waals surface area contributed by atoms with Crippen molar-refractivity contribution in [3.05, 3.63) is 132 Å². The molecule has 2 N–H and O–H groups in total. The van der Waals surface area contributed by atoms with Crippen LogP contribution in [0, 0.1) is 0 Å². The fourth-order valence-corrected chi connectivity index (χ4v) is 4.94. The zero-order valence-electron chi connectivity index (χ0n) is 20.4. The van der Waals surface area contributed by atoms with Gasteiger partial charge < -0.3 is 0 Å². The first-order valence-electron chi connectivity index (χ1n) is 11.8. The van der Waals surface area contributed by atoms with E-state index in [2.05, 4.69) is 15.2 Å². The molecule has 0 aliphatic heterocycles. The van der Waals surface area contributed by atoms with Crippen LogP contribution in [0.2, 0.25) is 5.02 Å². The number of para-hydroxylation sites is 1. The van der Waals surface area contributed by atoms with Crippen molar-refractivity contribution < 1.29 is 13.2 Å². The molecule has 8 nitrogen and oxygen atoms in total. The van der Waals surface area contributed by atoms with Crippen molar-refractivity contribution in [1.82, 2.24) is 15.2 Å².